The van der Waals surface area contributed by atoms with Gasteiger partial charge in [0.05, 0.1) is 6.07 Å². The van der Waals surface area contributed by atoms with Gasteiger partial charge in [-0.15, -0.1) is 0 Å². The molecule has 2 rings (SSSR count). The number of rotatable bonds is 5. The number of benzene rings is 2. The lowest BCUT2D eigenvalue weighted by molar-refractivity contribution is -0.115. The lowest BCUT2D eigenvalue weighted by Gasteiger charge is -2.08. The summed E-state index contributed by atoms with van der Waals surface area (Å²) in [5, 5.41) is 13.9. The van der Waals surface area contributed by atoms with Crippen molar-refractivity contribution in [3.05, 3.63) is 64.1 Å². The van der Waals surface area contributed by atoms with Crippen molar-refractivity contribution in [3.8, 4) is 6.07 Å². The molecule has 23 heavy (non-hydrogen) atoms. The minimum absolute atomic E-state index is 0.176. The molecule has 0 fully saturated rings. The van der Waals surface area contributed by atoms with E-state index in [9.17, 15) is 9.59 Å². The Bertz CT molecular complexity index is 768. The summed E-state index contributed by atoms with van der Waals surface area (Å²) in [5.74, 6) is -0.534. The van der Waals surface area contributed by atoms with E-state index in [1.54, 1.807) is 42.5 Å². The summed E-state index contributed by atoms with van der Waals surface area (Å²) in [7, 11) is 0. The Kier molecular flexibility index (Phi) is 5.89. The van der Waals surface area contributed by atoms with Crippen LogP contribution in [0.25, 0.3) is 0 Å². The molecule has 0 aromatic heterocycles. The number of nitrogens with one attached hydrogen (secondary N) is 2. The number of carbonyl (C=O) groups is 2. The normalized spacial score (nSPS) is 9.74. The number of anilines is 1. The van der Waals surface area contributed by atoms with Crippen LogP contribution in [-0.2, 0) is 11.3 Å². The van der Waals surface area contributed by atoms with Gasteiger partial charge in [-0.25, -0.2) is 0 Å². The van der Waals surface area contributed by atoms with Gasteiger partial charge in [0.15, 0.2) is 0 Å². The van der Waals surface area contributed by atoms with Crippen molar-refractivity contribution >= 4 is 33.4 Å². The Morgan fingerprint density at radius 2 is 1.91 bits per heavy atom. The molecule has 0 atom stereocenters. The fourth-order valence-corrected chi connectivity index (χ4v) is 2.35. The SMILES string of the molecule is N#CCC(=O)Nc1cccc(CNC(=O)c2cccc(Br)c2)c1. The number of amides is 2. The van der Waals surface area contributed by atoms with Gasteiger partial charge in [-0.3, -0.25) is 9.59 Å². The van der Waals surface area contributed by atoms with E-state index in [1.165, 1.54) is 0 Å². The summed E-state index contributed by atoms with van der Waals surface area (Å²) >= 11 is 3.33. The second-order valence-electron chi connectivity index (χ2n) is 4.78. The molecule has 6 heteroatoms. The second-order valence-corrected chi connectivity index (χ2v) is 5.69. The standard InChI is InChI=1S/C17H14BrN3O2/c18-14-5-2-4-13(10-14)17(23)20-11-12-3-1-6-15(9-12)21-16(22)7-8-19/h1-6,9-10H,7,11H2,(H,20,23)(H,21,22). The van der Waals surface area contributed by atoms with Crippen LogP contribution in [0.4, 0.5) is 5.69 Å². The van der Waals surface area contributed by atoms with Crippen LogP contribution in [-0.4, -0.2) is 11.8 Å². The summed E-state index contributed by atoms with van der Waals surface area (Å²) in [6.45, 7) is 0.341. The quantitative estimate of drug-likeness (QED) is 0.846. The van der Waals surface area contributed by atoms with Gasteiger partial charge in [-0.05, 0) is 35.9 Å². The predicted molar refractivity (Wildman–Crippen MR) is 90.6 cm³/mol. The molecule has 116 valence electrons. The number of carbonyl (C=O) groups excluding carboxylic acids is 2. The zero-order chi connectivity index (χ0) is 16.7. The van der Waals surface area contributed by atoms with Crippen LogP contribution in [0.2, 0.25) is 0 Å². The minimum atomic E-state index is -0.358. The maximum Gasteiger partial charge on any atom is 0.251 e. The Labute approximate surface area is 142 Å². The molecular formula is C17H14BrN3O2. The summed E-state index contributed by atoms with van der Waals surface area (Å²) < 4.78 is 0.840. The minimum Gasteiger partial charge on any atom is -0.348 e. The molecular weight excluding hydrogens is 358 g/mol. The number of halogens is 1. The van der Waals surface area contributed by atoms with E-state index in [1.807, 2.05) is 12.1 Å². The van der Waals surface area contributed by atoms with E-state index in [0.717, 1.165) is 10.0 Å². The maximum atomic E-state index is 12.1. The first-order chi connectivity index (χ1) is 11.1. The topological polar surface area (TPSA) is 82.0 Å². The van der Waals surface area contributed by atoms with Crippen LogP contribution in [0.3, 0.4) is 0 Å². The molecule has 2 N–H and O–H groups in total. The monoisotopic (exact) mass is 371 g/mol. The van der Waals surface area contributed by atoms with E-state index in [-0.39, 0.29) is 18.2 Å². The number of nitrogens with zero attached hydrogens (tertiary/aromatic N) is 1. The lowest BCUT2D eigenvalue weighted by atomic mass is 10.1. The molecule has 0 heterocycles. The van der Waals surface area contributed by atoms with E-state index in [2.05, 4.69) is 26.6 Å². The largest absolute Gasteiger partial charge is 0.348 e. The van der Waals surface area contributed by atoms with Crippen LogP contribution in [0.15, 0.2) is 53.0 Å². The van der Waals surface area contributed by atoms with Gasteiger partial charge in [-0.2, -0.15) is 5.26 Å². The molecule has 0 saturated carbocycles. The van der Waals surface area contributed by atoms with E-state index >= 15 is 0 Å². The molecule has 0 aliphatic carbocycles. The molecule has 0 saturated heterocycles. The van der Waals surface area contributed by atoms with E-state index < -0.39 is 0 Å². The Morgan fingerprint density at radius 1 is 1.13 bits per heavy atom. The van der Waals surface area contributed by atoms with Gasteiger partial charge in [0, 0.05) is 22.3 Å². The number of nitriles is 1. The third kappa shape index (κ3) is 5.24. The highest BCUT2D eigenvalue weighted by Crippen LogP contribution is 2.13. The zero-order valence-electron chi connectivity index (χ0n) is 12.2. The van der Waals surface area contributed by atoms with Crippen LogP contribution in [0.5, 0.6) is 0 Å². The van der Waals surface area contributed by atoms with Crippen molar-refractivity contribution in [2.45, 2.75) is 13.0 Å². The third-order valence-electron chi connectivity index (χ3n) is 2.99. The summed E-state index contributed by atoms with van der Waals surface area (Å²) in [6, 6.07) is 16.0. The van der Waals surface area contributed by atoms with Gasteiger partial charge in [-0.1, -0.05) is 34.1 Å². The summed E-state index contributed by atoms with van der Waals surface area (Å²) in [4.78, 5) is 23.5. The molecule has 0 aliphatic heterocycles. The molecule has 0 bridgehead atoms. The Balaban J connectivity index is 1.97. The molecule has 0 aliphatic rings. The molecule has 2 amide bonds. The van der Waals surface area contributed by atoms with Crippen molar-refractivity contribution in [3.63, 3.8) is 0 Å². The second kappa shape index (κ2) is 8.11. The highest BCUT2D eigenvalue weighted by molar-refractivity contribution is 9.10. The third-order valence-corrected chi connectivity index (χ3v) is 3.48. The van der Waals surface area contributed by atoms with Crippen molar-refractivity contribution in [2.75, 3.05) is 5.32 Å². The highest BCUT2D eigenvalue weighted by Gasteiger charge is 2.06. The van der Waals surface area contributed by atoms with Crippen LogP contribution < -0.4 is 10.6 Å². The van der Waals surface area contributed by atoms with Crippen LogP contribution in [0, 0.1) is 11.3 Å². The Morgan fingerprint density at radius 3 is 2.65 bits per heavy atom. The first-order valence-corrected chi connectivity index (χ1v) is 7.67. The van der Waals surface area contributed by atoms with Crippen molar-refractivity contribution < 1.29 is 9.59 Å². The van der Waals surface area contributed by atoms with Crippen molar-refractivity contribution in [1.29, 1.82) is 5.26 Å². The predicted octanol–water partition coefficient (Wildman–Crippen LogP) is 3.23. The average molecular weight is 372 g/mol. The van der Waals surface area contributed by atoms with Gasteiger partial charge in [0.2, 0.25) is 5.91 Å². The van der Waals surface area contributed by atoms with Gasteiger partial charge >= 0.3 is 0 Å². The maximum absolute atomic E-state index is 12.1. The molecule has 2 aromatic rings. The molecule has 0 spiro atoms. The van der Waals surface area contributed by atoms with Crippen molar-refractivity contribution in [2.24, 2.45) is 0 Å². The molecule has 0 unspecified atom stereocenters. The summed E-state index contributed by atoms with van der Waals surface area (Å²) in [6.07, 6.45) is -0.191. The number of hydrogen-bond donors (Lipinski definition) is 2. The van der Waals surface area contributed by atoms with Gasteiger partial charge < -0.3 is 10.6 Å². The fraction of sp³-hybridized carbons (Fsp3) is 0.118. The molecule has 2 aromatic carbocycles. The van der Waals surface area contributed by atoms with Gasteiger partial charge in [0.1, 0.15) is 6.42 Å². The summed E-state index contributed by atoms with van der Waals surface area (Å²) in [5.41, 5.74) is 2.01. The van der Waals surface area contributed by atoms with E-state index in [0.29, 0.717) is 17.8 Å². The first kappa shape index (κ1) is 16.7. The lowest BCUT2D eigenvalue weighted by Crippen LogP contribution is -2.22. The highest BCUT2D eigenvalue weighted by atomic mass is 79.9. The van der Waals surface area contributed by atoms with E-state index in [4.69, 9.17) is 5.26 Å². The fourth-order valence-electron chi connectivity index (χ4n) is 1.95. The van der Waals surface area contributed by atoms with Gasteiger partial charge in [0.25, 0.3) is 5.91 Å². The smallest absolute Gasteiger partial charge is 0.251 e. The molecule has 5 nitrogen and oxygen atoms in total. The first-order valence-electron chi connectivity index (χ1n) is 6.88. The average Bonchev–Trinajstić information content (AvgIpc) is 2.53. The molecule has 0 radical (unpaired) electrons. The zero-order valence-corrected chi connectivity index (χ0v) is 13.8. The van der Waals surface area contributed by atoms with Crippen molar-refractivity contribution in [1.82, 2.24) is 5.32 Å². The van der Waals surface area contributed by atoms with Crippen LogP contribution in [0.1, 0.15) is 22.3 Å². The Hall–Kier alpha value is -2.65. The van der Waals surface area contributed by atoms with Crippen LogP contribution >= 0.6 is 15.9 Å². The number of hydrogen-bond acceptors (Lipinski definition) is 3.